The van der Waals surface area contributed by atoms with Gasteiger partial charge in [0.15, 0.2) is 5.78 Å². The van der Waals surface area contributed by atoms with E-state index in [0.717, 1.165) is 22.5 Å². The summed E-state index contributed by atoms with van der Waals surface area (Å²) < 4.78 is 37.5. The second-order valence-corrected chi connectivity index (χ2v) is 11.7. The molecule has 0 unspecified atom stereocenters. The van der Waals surface area contributed by atoms with E-state index in [1.807, 2.05) is 0 Å². The zero-order valence-electron chi connectivity index (χ0n) is 24.2. The molecular weight excluding hydrogens is 620 g/mol. The Morgan fingerprint density at radius 2 is 1.15 bits per heavy atom. The predicted octanol–water partition coefficient (Wildman–Crippen LogP) is 11.1. The maximum Gasteiger partial charge on any atom is 0.796 e. The highest BCUT2D eigenvalue weighted by molar-refractivity contribution is 14.1. The monoisotopic (exact) mass is 666 g/mol. The van der Waals surface area contributed by atoms with Crippen molar-refractivity contribution in [2.45, 2.75) is 110 Å². The summed E-state index contributed by atoms with van der Waals surface area (Å²) in [6.45, 7) is 2.89. The molecule has 0 N–H and O–H groups in total. The molecule has 40 heavy (non-hydrogen) atoms. The molecule has 0 spiro atoms. The van der Waals surface area contributed by atoms with Gasteiger partial charge in [0.25, 0.3) is 0 Å². The molecule has 2 aromatic carbocycles. The highest BCUT2D eigenvalue weighted by Crippen LogP contribution is 2.23. The number of carbonyl (C=O) groups is 1. The number of carbonyl (C=O) groups excluding carboxylic acids is 1. The van der Waals surface area contributed by atoms with Crippen LogP contribution in [0.3, 0.4) is 0 Å². The molecule has 0 saturated carbocycles. The first-order valence-corrected chi connectivity index (χ1v) is 16.3. The fourth-order valence-electron chi connectivity index (χ4n) is 4.65. The first-order chi connectivity index (χ1) is 19.5. The Bertz CT molecular complexity index is 965. The normalized spacial score (nSPS) is 11.4. The second kappa shape index (κ2) is 21.8. The van der Waals surface area contributed by atoms with Gasteiger partial charge in [0.05, 0.1) is 6.61 Å². The maximum absolute atomic E-state index is 13.0. The molecule has 0 amide bonds. The topological polar surface area (TPSA) is 35.5 Å². The number of rotatable bonds is 23. The number of hydrogen-bond acceptors (Lipinski definition) is 3. The van der Waals surface area contributed by atoms with Gasteiger partial charge in [-0.25, -0.2) is 8.63 Å². The summed E-state index contributed by atoms with van der Waals surface area (Å²) in [5.74, 6) is 0.115. The third kappa shape index (κ3) is 15.8. The molecule has 7 heteroatoms. The molecule has 2 rings (SSSR count). The Morgan fingerprint density at radius 3 is 1.62 bits per heavy atom. The van der Waals surface area contributed by atoms with Crippen LogP contribution in [0.5, 0.6) is 5.75 Å². The lowest BCUT2D eigenvalue weighted by Gasteiger charge is -2.11. The third-order valence-corrected chi connectivity index (χ3v) is 7.73. The predicted molar refractivity (Wildman–Crippen MR) is 172 cm³/mol. The summed E-state index contributed by atoms with van der Waals surface area (Å²) in [7, 11) is -3.03. The largest absolute Gasteiger partial charge is 0.796 e. The van der Waals surface area contributed by atoms with Gasteiger partial charge in [-0.3, -0.25) is 4.79 Å². The van der Waals surface area contributed by atoms with Gasteiger partial charge in [0.1, 0.15) is 11.5 Å². The average molecular weight is 666 g/mol. The van der Waals surface area contributed by atoms with Crippen molar-refractivity contribution in [2.75, 3.05) is 6.61 Å². The van der Waals surface area contributed by atoms with Gasteiger partial charge in [0, 0.05) is 20.8 Å². The Hall–Kier alpha value is -1.90. The molecule has 0 aliphatic heterocycles. The van der Waals surface area contributed by atoms with E-state index in [1.54, 1.807) is 48.5 Å². The van der Waals surface area contributed by atoms with Crippen LogP contribution >= 0.6 is 22.6 Å². The van der Waals surface area contributed by atoms with Crippen molar-refractivity contribution >= 4 is 41.6 Å². The summed E-state index contributed by atoms with van der Waals surface area (Å²) in [6.07, 6.45) is 22.4. The van der Waals surface area contributed by atoms with Crippen LogP contribution in [0, 0.1) is 3.57 Å². The van der Waals surface area contributed by atoms with Gasteiger partial charge in [-0.05, 0) is 65.4 Å². The number of hydrogen-bond donors (Lipinski definition) is 0. The van der Waals surface area contributed by atoms with E-state index in [2.05, 4.69) is 34.2 Å². The van der Waals surface area contributed by atoms with Crippen molar-refractivity contribution in [1.82, 2.24) is 0 Å². The second-order valence-electron chi connectivity index (χ2n) is 10.4. The van der Waals surface area contributed by atoms with Gasteiger partial charge in [0.2, 0.25) is 0 Å². The van der Waals surface area contributed by atoms with Crippen LogP contribution in [0.4, 0.5) is 8.63 Å². The minimum atomic E-state index is -3.03. The lowest BCUT2D eigenvalue weighted by atomic mass is 10.0. The zero-order valence-corrected chi connectivity index (χ0v) is 26.3. The average Bonchev–Trinajstić information content (AvgIpc) is 2.95. The molecule has 0 aliphatic rings. The van der Waals surface area contributed by atoms with Crippen molar-refractivity contribution in [3.8, 4) is 5.75 Å². The summed E-state index contributed by atoms with van der Waals surface area (Å²) >= 11 is 2.14. The molecule has 0 atom stereocenters. The zero-order chi connectivity index (χ0) is 28.8. The van der Waals surface area contributed by atoms with Crippen LogP contribution in [0.15, 0.2) is 54.6 Å². The number of ketones is 1. The Kier molecular flexibility index (Phi) is 18.7. The van der Waals surface area contributed by atoms with Gasteiger partial charge < -0.3 is 9.39 Å². The van der Waals surface area contributed by atoms with Crippen molar-refractivity contribution in [3.05, 3.63) is 69.3 Å². The standard InChI is InChI=1S/C33H46BF2IO3/c1-2-3-4-5-6-7-8-9-10-11-12-13-14-15-16-17-26-39-31-24-20-29(21-25-31)33(40-34(35)36)27-32(38)28-18-22-30(37)23-19-28/h18-25,27H,2-17,26H2,1H3/b33-27-. The molecule has 0 bridgehead atoms. The number of ether oxygens (including phenoxy) is 1. The van der Waals surface area contributed by atoms with E-state index >= 15 is 0 Å². The smallest absolute Gasteiger partial charge is 0.505 e. The Balaban J connectivity index is 1.58. The van der Waals surface area contributed by atoms with Gasteiger partial charge >= 0.3 is 7.47 Å². The summed E-state index contributed by atoms with van der Waals surface area (Å²) in [5, 5.41) is 0. The van der Waals surface area contributed by atoms with Gasteiger partial charge in [-0.2, -0.15) is 0 Å². The van der Waals surface area contributed by atoms with Crippen molar-refractivity contribution in [2.24, 2.45) is 0 Å². The minimum absolute atomic E-state index is 0.164. The van der Waals surface area contributed by atoms with Crippen LogP contribution in [-0.4, -0.2) is 19.9 Å². The van der Waals surface area contributed by atoms with E-state index in [0.29, 0.717) is 23.5 Å². The van der Waals surface area contributed by atoms with Gasteiger partial charge in [-0.15, -0.1) is 0 Å². The number of unbranched alkanes of at least 4 members (excludes halogenated alkanes) is 15. The molecule has 0 heterocycles. The molecule has 0 radical (unpaired) electrons. The first-order valence-electron chi connectivity index (χ1n) is 15.2. The molecule has 3 nitrogen and oxygen atoms in total. The van der Waals surface area contributed by atoms with Crippen molar-refractivity contribution < 1.29 is 22.8 Å². The lowest BCUT2D eigenvalue weighted by molar-refractivity contribution is 0.104. The third-order valence-electron chi connectivity index (χ3n) is 7.01. The molecule has 0 aromatic heterocycles. The first kappa shape index (κ1) is 34.3. The number of benzene rings is 2. The Morgan fingerprint density at radius 1 is 0.700 bits per heavy atom. The minimum Gasteiger partial charge on any atom is -0.505 e. The molecule has 0 fully saturated rings. The lowest BCUT2D eigenvalue weighted by Crippen LogP contribution is -2.07. The maximum atomic E-state index is 13.0. The molecular formula is C33H46BF2IO3. The van der Waals surface area contributed by atoms with E-state index in [1.165, 1.54) is 89.9 Å². The van der Waals surface area contributed by atoms with Crippen LogP contribution in [0.25, 0.3) is 5.76 Å². The van der Waals surface area contributed by atoms with Crippen LogP contribution < -0.4 is 4.74 Å². The van der Waals surface area contributed by atoms with Crippen molar-refractivity contribution in [3.63, 3.8) is 0 Å². The Labute approximate surface area is 254 Å². The van der Waals surface area contributed by atoms with E-state index in [-0.39, 0.29) is 5.76 Å². The molecule has 220 valence electrons. The van der Waals surface area contributed by atoms with Crippen LogP contribution in [-0.2, 0) is 4.65 Å². The highest BCUT2D eigenvalue weighted by atomic mass is 127. The number of allylic oxidation sites excluding steroid dienone is 1. The SMILES string of the molecule is CCCCCCCCCCCCCCCCCCOc1ccc(/C(=C/C(=O)c2ccc(I)cc2)OB(F)F)cc1. The summed E-state index contributed by atoms with van der Waals surface area (Å²) in [4.78, 5) is 12.5. The summed E-state index contributed by atoms with van der Waals surface area (Å²) in [5.41, 5.74) is 0.809. The number of halogens is 3. The van der Waals surface area contributed by atoms with Gasteiger partial charge in [-0.1, -0.05) is 115 Å². The highest BCUT2D eigenvalue weighted by Gasteiger charge is 2.21. The molecule has 2 aromatic rings. The fraction of sp³-hybridized carbons (Fsp3) is 0.545. The van der Waals surface area contributed by atoms with Crippen LogP contribution in [0.1, 0.15) is 126 Å². The van der Waals surface area contributed by atoms with Crippen LogP contribution in [0.2, 0.25) is 0 Å². The van der Waals surface area contributed by atoms with E-state index in [9.17, 15) is 13.4 Å². The van der Waals surface area contributed by atoms with E-state index in [4.69, 9.17) is 4.74 Å². The molecule has 0 saturated heterocycles. The fourth-order valence-corrected chi connectivity index (χ4v) is 5.01. The van der Waals surface area contributed by atoms with Crippen molar-refractivity contribution in [1.29, 1.82) is 0 Å². The molecule has 0 aliphatic carbocycles. The summed E-state index contributed by atoms with van der Waals surface area (Å²) in [6, 6.07) is 13.6. The van der Waals surface area contributed by atoms with E-state index < -0.39 is 13.3 Å². The quantitative estimate of drug-likeness (QED) is 0.0296.